The molecule has 3 aliphatic rings. The van der Waals surface area contributed by atoms with Crippen LogP contribution >= 0.6 is 0 Å². The number of nitrogens with zero attached hydrogens (tertiary/aromatic N) is 5. The third-order valence-corrected chi connectivity index (χ3v) is 8.83. The third kappa shape index (κ3) is 7.48. The Morgan fingerprint density at radius 3 is 2.30 bits per heavy atom. The van der Waals surface area contributed by atoms with Gasteiger partial charge in [-0.25, -0.2) is 9.59 Å². The van der Waals surface area contributed by atoms with Crippen molar-refractivity contribution in [2.45, 2.75) is 104 Å². The smallest absolute Gasteiger partial charge is 0.410 e. The molecule has 240 valence electrons. The number of pyridine rings is 1. The topological polar surface area (TPSA) is 78.5 Å². The molecule has 1 aromatic carbocycles. The van der Waals surface area contributed by atoms with E-state index in [-0.39, 0.29) is 24.3 Å². The summed E-state index contributed by atoms with van der Waals surface area (Å²) >= 11 is 0. The van der Waals surface area contributed by atoms with Crippen molar-refractivity contribution in [2.24, 2.45) is 0 Å². The van der Waals surface area contributed by atoms with Crippen molar-refractivity contribution in [3.05, 3.63) is 58.9 Å². The van der Waals surface area contributed by atoms with Crippen molar-refractivity contribution < 1.29 is 19.1 Å². The molecule has 0 bridgehead atoms. The van der Waals surface area contributed by atoms with Crippen LogP contribution in [0.4, 0.5) is 15.3 Å². The summed E-state index contributed by atoms with van der Waals surface area (Å²) in [6, 6.07) is 10.9. The van der Waals surface area contributed by atoms with Gasteiger partial charge in [0.15, 0.2) is 0 Å². The Balaban J connectivity index is 1.39. The Morgan fingerprint density at radius 2 is 1.61 bits per heavy atom. The third-order valence-electron chi connectivity index (χ3n) is 8.83. The standard InChI is InChI=1S/C35H51N5O4/c1-8-37(30-16-9-12-25-14-11-17-36-31(25)30)24-27-22-28-26(23-40(27)33(42)44-35(5,6)7)13-10-15-29(28)38-18-20-39(21-19-38)32(41)43-34(2,3)4/h10-11,13-15,17,27,30H,8-9,12,16,18-24H2,1-7H3/t27-,30?/m1/s1. The van der Waals surface area contributed by atoms with E-state index < -0.39 is 11.2 Å². The van der Waals surface area contributed by atoms with Crippen LogP contribution in [0.15, 0.2) is 36.5 Å². The predicted molar refractivity (Wildman–Crippen MR) is 173 cm³/mol. The summed E-state index contributed by atoms with van der Waals surface area (Å²) in [4.78, 5) is 39.9. The first-order valence-electron chi connectivity index (χ1n) is 16.3. The number of anilines is 1. The van der Waals surface area contributed by atoms with E-state index in [1.165, 1.54) is 22.5 Å². The normalized spacial score (nSPS) is 20.7. The van der Waals surface area contributed by atoms with Crippen molar-refractivity contribution in [1.29, 1.82) is 0 Å². The van der Waals surface area contributed by atoms with Crippen molar-refractivity contribution in [1.82, 2.24) is 19.7 Å². The van der Waals surface area contributed by atoms with Gasteiger partial charge in [0.05, 0.1) is 17.8 Å². The molecule has 2 aliphatic heterocycles. The Labute approximate surface area is 263 Å². The summed E-state index contributed by atoms with van der Waals surface area (Å²) in [5, 5.41) is 0. The zero-order chi connectivity index (χ0) is 31.6. The molecule has 44 heavy (non-hydrogen) atoms. The van der Waals surface area contributed by atoms with E-state index in [1.54, 1.807) is 4.90 Å². The lowest BCUT2D eigenvalue weighted by Crippen LogP contribution is -2.53. The van der Waals surface area contributed by atoms with Gasteiger partial charge in [-0.3, -0.25) is 14.8 Å². The van der Waals surface area contributed by atoms with E-state index in [9.17, 15) is 9.59 Å². The van der Waals surface area contributed by atoms with Crippen LogP contribution in [0.25, 0.3) is 0 Å². The molecule has 5 rings (SSSR count). The second kappa shape index (κ2) is 13.0. The van der Waals surface area contributed by atoms with Crippen LogP contribution in [-0.2, 0) is 28.9 Å². The van der Waals surface area contributed by atoms with Gasteiger partial charge in [0, 0.05) is 51.2 Å². The van der Waals surface area contributed by atoms with Crippen molar-refractivity contribution in [2.75, 3.05) is 44.2 Å². The quantitative estimate of drug-likeness (QED) is 0.402. The molecular weight excluding hydrogens is 554 g/mol. The number of fused-ring (bicyclic) bond motifs is 2. The molecule has 1 aliphatic carbocycles. The average Bonchev–Trinajstić information content (AvgIpc) is 2.97. The second-order valence-corrected chi connectivity index (χ2v) is 14.4. The molecule has 9 nitrogen and oxygen atoms in total. The SMILES string of the molecule is CCN(C[C@H]1Cc2c(cccc2N2CCN(C(=O)OC(C)(C)C)CC2)CN1C(=O)OC(C)(C)C)C1CCCc2cccnc21. The Hall–Kier alpha value is -3.33. The Bertz CT molecular complexity index is 1330. The van der Waals surface area contributed by atoms with Crippen LogP contribution in [0.1, 0.15) is 89.7 Å². The number of benzene rings is 1. The fourth-order valence-electron chi connectivity index (χ4n) is 6.80. The maximum Gasteiger partial charge on any atom is 0.410 e. The van der Waals surface area contributed by atoms with E-state index in [4.69, 9.17) is 14.5 Å². The van der Waals surface area contributed by atoms with E-state index >= 15 is 0 Å². The van der Waals surface area contributed by atoms with Gasteiger partial charge >= 0.3 is 12.2 Å². The van der Waals surface area contributed by atoms with E-state index in [0.29, 0.717) is 19.6 Å². The van der Waals surface area contributed by atoms with Crippen molar-refractivity contribution >= 4 is 17.9 Å². The highest BCUT2D eigenvalue weighted by atomic mass is 16.6. The Morgan fingerprint density at radius 1 is 0.932 bits per heavy atom. The number of piperazine rings is 1. The molecule has 0 N–H and O–H groups in total. The van der Waals surface area contributed by atoms with E-state index in [1.807, 2.05) is 58.7 Å². The number of carbonyl (C=O) groups excluding carboxylic acids is 2. The average molecular weight is 606 g/mol. The summed E-state index contributed by atoms with van der Waals surface area (Å²) in [7, 11) is 0. The minimum atomic E-state index is -0.575. The first-order valence-corrected chi connectivity index (χ1v) is 16.3. The molecule has 0 spiro atoms. The van der Waals surface area contributed by atoms with Crippen LogP contribution in [-0.4, -0.2) is 88.4 Å². The van der Waals surface area contributed by atoms with Gasteiger partial charge in [0.1, 0.15) is 11.2 Å². The number of aryl methyl sites for hydroxylation is 1. The van der Waals surface area contributed by atoms with Crippen LogP contribution in [0.3, 0.4) is 0 Å². The molecule has 0 radical (unpaired) electrons. The summed E-state index contributed by atoms with van der Waals surface area (Å²) in [5.41, 5.74) is 5.09. The highest BCUT2D eigenvalue weighted by Gasteiger charge is 2.38. The lowest BCUT2D eigenvalue weighted by molar-refractivity contribution is 0.00503. The second-order valence-electron chi connectivity index (χ2n) is 14.4. The van der Waals surface area contributed by atoms with Gasteiger partial charge in [0.2, 0.25) is 0 Å². The molecule has 2 aromatic rings. The maximum absolute atomic E-state index is 13.7. The first-order chi connectivity index (χ1) is 20.8. The van der Waals surface area contributed by atoms with Crippen molar-refractivity contribution in [3.63, 3.8) is 0 Å². The molecule has 1 fully saturated rings. The number of aromatic nitrogens is 1. The number of hydrogen-bond acceptors (Lipinski definition) is 7. The molecule has 1 aromatic heterocycles. The highest BCUT2D eigenvalue weighted by molar-refractivity contribution is 5.71. The van der Waals surface area contributed by atoms with Gasteiger partial charge in [-0.1, -0.05) is 25.1 Å². The number of ether oxygens (including phenoxy) is 2. The molecule has 2 atom stereocenters. The zero-order valence-corrected chi connectivity index (χ0v) is 27.8. The van der Waals surface area contributed by atoms with Gasteiger partial charge < -0.3 is 19.3 Å². The van der Waals surface area contributed by atoms with Crippen LogP contribution < -0.4 is 4.90 Å². The minimum absolute atomic E-state index is 0.0457. The minimum Gasteiger partial charge on any atom is -0.444 e. The van der Waals surface area contributed by atoms with E-state index in [2.05, 4.69) is 41.0 Å². The molecule has 0 saturated carbocycles. The fraction of sp³-hybridized carbons (Fsp3) is 0.629. The van der Waals surface area contributed by atoms with Crippen LogP contribution in [0, 0.1) is 0 Å². The molecule has 9 heteroatoms. The fourth-order valence-corrected chi connectivity index (χ4v) is 6.80. The lowest BCUT2D eigenvalue weighted by Gasteiger charge is -2.44. The number of likely N-dealkylation sites (N-methyl/N-ethyl adjacent to an activating group) is 1. The summed E-state index contributed by atoms with van der Waals surface area (Å²) < 4.78 is 11.6. The van der Waals surface area contributed by atoms with Crippen molar-refractivity contribution in [3.8, 4) is 0 Å². The van der Waals surface area contributed by atoms with Gasteiger partial charge in [-0.05, 0) is 103 Å². The molecular formula is C35H51N5O4. The monoisotopic (exact) mass is 605 g/mol. The molecule has 1 saturated heterocycles. The summed E-state index contributed by atoms with van der Waals surface area (Å²) in [5.74, 6) is 0. The summed E-state index contributed by atoms with van der Waals surface area (Å²) in [6.07, 6.45) is 5.42. The lowest BCUT2D eigenvalue weighted by atomic mass is 9.88. The number of hydrogen-bond donors (Lipinski definition) is 0. The van der Waals surface area contributed by atoms with Gasteiger partial charge in [-0.15, -0.1) is 0 Å². The Kier molecular flexibility index (Phi) is 9.44. The number of rotatable bonds is 5. The molecule has 2 amide bonds. The summed E-state index contributed by atoms with van der Waals surface area (Å²) in [6.45, 7) is 18.5. The van der Waals surface area contributed by atoms with Crippen LogP contribution in [0.2, 0.25) is 0 Å². The van der Waals surface area contributed by atoms with E-state index in [0.717, 1.165) is 57.4 Å². The molecule has 3 heterocycles. The molecule has 1 unspecified atom stereocenters. The first kappa shape index (κ1) is 32.1. The highest BCUT2D eigenvalue weighted by Crippen LogP contribution is 2.37. The van der Waals surface area contributed by atoms with Gasteiger partial charge in [-0.2, -0.15) is 0 Å². The van der Waals surface area contributed by atoms with Gasteiger partial charge in [0.25, 0.3) is 0 Å². The largest absolute Gasteiger partial charge is 0.444 e. The number of carbonyl (C=O) groups is 2. The van der Waals surface area contributed by atoms with Crippen LogP contribution in [0.5, 0.6) is 0 Å². The zero-order valence-electron chi connectivity index (χ0n) is 27.8. The maximum atomic E-state index is 13.7. The number of amides is 2. The predicted octanol–water partition coefficient (Wildman–Crippen LogP) is 6.20.